The summed E-state index contributed by atoms with van der Waals surface area (Å²) in [5.74, 6) is -1.09. The van der Waals surface area contributed by atoms with E-state index in [9.17, 15) is 9.90 Å². The number of halogens is 1. The highest BCUT2D eigenvalue weighted by atomic mass is 35.5. The lowest BCUT2D eigenvalue weighted by molar-refractivity contribution is 0.00350. The Kier molecular flexibility index (Phi) is 4.14. The maximum Gasteiger partial charge on any atom is 0.337 e. The van der Waals surface area contributed by atoms with Gasteiger partial charge in [0.25, 0.3) is 0 Å². The molecule has 0 aromatic heterocycles. The molecule has 1 heterocycles. The minimum atomic E-state index is -1.09. The van der Waals surface area contributed by atoms with Crippen molar-refractivity contribution in [3.63, 3.8) is 0 Å². The topological polar surface area (TPSA) is 96.0 Å². The largest absolute Gasteiger partial charge is 0.478 e. The quantitative estimate of drug-likeness (QED) is 0.712. The van der Waals surface area contributed by atoms with Gasteiger partial charge in [-0.25, -0.2) is 4.79 Å². The van der Waals surface area contributed by atoms with E-state index in [4.69, 9.17) is 27.2 Å². The number of nitrogens with two attached hydrogens (primary N) is 1. The van der Waals surface area contributed by atoms with E-state index in [1.54, 1.807) is 4.90 Å². The zero-order valence-electron chi connectivity index (χ0n) is 10.2. The number of ether oxygens (including phenoxy) is 1. The average molecular weight is 287 g/mol. The first-order valence-corrected chi connectivity index (χ1v) is 6.20. The van der Waals surface area contributed by atoms with Gasteiger partial charge in [0.15, 0.2) is 0 Å². The number of benzene rings is 1. The van der Waals surface area contributed by atoms with Crippen LogP contribution in [0, 0.1) is 0 Å². The second kappa shape index (κ2) is 5.64. The Balaban J connectivity index is 2.40. The number of morpholine rings is 1. The van der Waals surface area contributed by atoms with E-state index in [2.05, 4.69) is 0 Å². The van der Waals surface area contributed by atoms with Crippen molar-refractivity contribution < 1.29 is 19.7 Å². The number of aromatic carboxylic acids is 1. The fraction of sp³-hybridized carbons (Fsp3) is 0.417. The third-order valence-corrected chi connectivity index (χ3v) is 3.26. The summed E-state index contributed by atoms with van der Waals surface area (Å²) < 4.78 is 5.34. The lowest BCUT2D eigenvalue weighted by Crippen LogP contribution is -2.44. The first-order chi connectivity index (χ1) is 9.02. The van der Waals surface area contributed by atoms with Crippen molar-refractivity contribution in [2.75, 3.05) is 36.9 Å². The lowest BCUT2D eigenvalue weighted by Gasteiger charge is -2.35. The molecule has 1 aliphatic heterocycles. The highest BCUT2D eigenvalue weighted by Gasteiger charge is 2.26. The summed E-state index contributed by atoms with van der Waals surface area (Å²) in [6.45, 7) is 1.19. The number of aliphatic hydroxyl groups excluding tert-OH is 1. The van der Waals surface area contributed by atoms with Crippen LogP contribution in [0.1, 0.15) is 10.4 Å². The molecule has 1 aromatic rings. The van der Waals surface area contributed by atoms with Gasteiger partial charge in [0.1, 0.15) is 0 Å². The summed E-state index contributed by atoms with van der Waals surface area (Å²) in [5, 5.41) is 18.7. The number of nitrogen functional groups attached to an aromatic ring is 1. The van der Waals surface area contributed by atoms with Crippen LogP contribution in [0.3, 0.4) is 0 Å². The van der Waals surface area contributed by atoms with Crippen molar-refractivity contribution in [3.8, 4) is 0 Å². The number of nitrogens with zero attached hydrogens (tertiary/aromatic N) is 1. The smallest absolute Gasteiger partial charge is 0.337 e. The van der Waals surface area contributed by atoms with Gasteiger partial charge in [-0.3, -0.25) is 0 Å². The number of hydrogen-bond donors (Lipinski definition) is 3. The molecule has 2 rings (SSSR count). The van der Waals surface area contributed by atoms with Gasteiger partial charge in [0.05, 0.1) is 35.6 Å². The maximum absolute atomic E-state index is 11.3. The predicted octanol–water partition coefficient (Wildman–Crippen LogP) is 0.818. The third-order valence-electron chi connectivity index (χ3n) is 2.97. The molecule has 0 aliphatic carbocycles. The third kappa shape index (κ3) is 2.91. The summed E-state index contributed by atoms with van der Waals surface area (Å²) >= 11 is 6.11. The van der Waals surface area contributed by atoms with Crippen LogP contribution in [0.4, 0.5) is 11.4 Å². The monoisotopic (exact) mass is 286 g/mol. The van der Waals surface area contributed by atoms with E-state index in [1.165, 1.54) is 12.1 Å². The normalized spacial score (nSPS) is 19.5. The van der Waals surface area contributed by atoms with E-state index in [-0.39, 0.29) is 23.3 Å². The van der Waals surface area contributed by atoms with Crippen molar-refractivity contribution in [2.45, 2.75) is 6.10 Å². The summed E-state index contributed by atoms with van der Waals surface area (Å²) in [6.07, 6.45) is -0.344. The highest BCUT2D eigenvalue weighted by molar-refractivity contribution is 6.34. The summed E-state index contributed by atoms with van der Waals surface area (Å²) in [5.41, 5.74) is 6.40. The molecule has 1 unspecified atom stereocenters. The van der Waals surface area contributed by atoms with Crippen molar-refractivity contribution in [2.24, 2.45) is 0 Å². The van der Waals surface area contributed by atoms with Gasteiger partial charge in [-0.2, -0.15) is 0 Å². The minimum absolute atomic E-state index is 0.0589. The number of carboxylic acid groups (broad SMARTS) is 1. The number of aliphatic hydroxyl groups is 1. The van der Waals surface area contributed by atoms with Gasteiger partial charge in [0.2, 0.25) is 0 Å². The van der Waals surface area contributed by atoms with Crippen molar-refractivity contribution in [1.82, 2.24) is 0 Å². The molecule has 0 bridgehead atoms. The summed E-state index contributed by atoms with van der Waals surface area (Å²) in [7, 11) is 0. The molecular weight excluding hydrogens is 272 g/mol. The zero-order chi connectivity index (χ0) is 14.0. The summed E-state index contributed by atoms with van der Waals surface area (Å²) in [6, 6.07) is 2.90. The van der Waals surface area contributed by atoms with Crippen LogP contribution in [0.25, 0.3) is 0 Å². The van der Waals surface area contributed by atoms with E-state index in [1.807, 2.05) is 0 Å². The molecule has 1 atom stereocenters. The van der Waals surface area contributed by atoms with Gasteiger partial charge in [0, 0.05) is 18.8 Å². The molecule has 1 saturated heterocycles. The van der Waals surface area contributed by atoms with E-state index < -0.39 is 5.97 Å². The molecular formula is C12H15ClN2O4. The molecule has 0 saturated carbocycles. The highest BCUT2D eigenvalue weighted by Crippen LogP contribution is 2.33. The second-order valence-corrected chi connectivity index (χ2v) is 4.73. The first-order valence-electron chi connectivity index (χ1n) is 5.82. The van der Waals surface area contributed by atoms with Gasteiger partial charge in [-0.15, -0.1) is 0 Å². The molecule has 6 nitrogen and oxygen atoms in total. The number of rotatable bonds is 3. The van der Waals surface area contributed by atoms with E-state index in [0.29, 0.717) is 31.1 Å². The molecule has 1 aromatic carbocycles. The van der Waals surface area contributed by atoms with Gasteiger partial charge in [-0.1, -0.05) is 11.6 Å². The van der Waals surface area contributed by atoms with Crippen LogP contribution in [0.5, 0.6) is 0 Å². The summed E-state index contributed by atoms with van der Waals surface area (Å²) in [4.78, 5) is 13.1. The Morgan fingerprint density at radius 1 is 1.58 bits per heavy atom. The molecule has 0 radical (unpaired) electrons. The van der Waals surface area contributed by atoms with Crippen LogP contribution >= 0.6 is 11.6 Å². The van der Waals surface area contributed by atoms with Crippen molar-refractivity contribution in [3.05, 3.63) is 22.7 Å². The first kappa shape index (κ1) is 13.9. The Morgan fingerprint density at radius 2 is 2.32 bits per heavy atom. The van der Waals surface area contributed by atoms with Gasteiger partial charge < -0.3 is 25.6 Å². The predicted molar refractivity (Wildman–Crippen MR) is 71.9 cm³/mol. The molecule has 1 aliphatic rings. The molecule has 1 fully saturated rings. The Morgan fingerprint density at radius 3 is 2.95 bits per heavy atom. The SMILES string of the molecule is Nc1cc(Cl)c(N2CCOC(CO)C2)c(C(=O)O)c1. The van der Waals surface area contributed by atoms with Gasteiger partial charge in [-0.05, 0) is 12.1 Å². The van der Waals surface area contributed by atoms with Crippen LogP contribution in [0.2, 0.25) is 5.02 Å². The fourth-order valence-corrected chi connectivity index (χ4v) is 2.48. The molecule has 19 heavy (non-hydrogen) atoms. The zero-order valence-corrected chi connectivity index (χ0v) is 10.9. The van der Waals surface area contributed by atoms with Crippen molar-refractivity contribution >= 4 is 28.9 Å². The van der Waals surface area contributed by atoms with Crippen LogP contribution in [-0.4, -0.2) is 48.6 Å². The van der Waals surface area contributed by atoms with Crippen LogP contribution in [-0.2, 0) is 4.74 Å². The fourth-order valence-electron chi connectivity index (χ4n) is 2.14. The lowest BCUT2D eigenvalue weighted by atomic mass is 10.1. The minimum Gasteiger partial charge on any atom is -0.478 e. The standard InChI is InChI=1S/C12H15ClN2O4/c13-10-4-7(14)3-9(12(17)18)11(10)15-1-2-19-8(5-15)6-16/h3-4,8,16H,1-2,5-6,14H2,(H,17,18). The van der Waals surface area contributed by atoms with Crippen molar-refractivity contribution in [1.29, 1.82) is 0 Å². The second-order valence-electron chi connectivity index (χ2n) is 4.33. The Bertz CT molecular complexity index is 495. The molecule has 4 N–H and O–H groups in total. The molecule has 7 heteroatoms. The van der Waals surface area contributed by atoms with E-state index in [0.717, 1.165) is 0 Å². The Labute approximate surface area is 115 Å². The average Bonchev–Trinajstić information content (AvgIpc) is 2.37. The number of carbonyl (C=O) groups is 1. The Hall–Kier alpha value is -1.50. The number of hydrogen-bond acceptors (Lipinski definition) is 5. The maximum atomic E-state index is 11.3. The molecule has 104 valence electrons. The van der Waals surface area contributed by atoms with Crippen LogP contribution < -0.4 is 10.6 Å². The van der Waals surface area contributed by atoms with Crippen LogP contribution in [0.15, 0.2) is 12.1 Å². The number of anilines is 2. The van der Waals surface area contributed by atoms with Gasteiger partial charge >= 0.3 is 5.97 Å². The van der Waals surface area contributed by atoms with E-state index >= 15 is 0 Å². The molecule has 0 spiro atoms. The molecule has 0 amide bonds. The number of carboxylic acids is 1.